The van der Waals surface area contributed by atoms with Crippen LogP contribution in [-0.4, -0.2) is 49.0 Å². The van der Waals surface area contributed by atoms with Crippen LogP contribution in [0.3, 0.4) is 0 Å². The Kier molecular flexibility index (Phi) is 6.27. The van der Waals surface area contributed by atoms with E-state index in [-0.39, 0.29) is 5.41 Å². The molecule has 1 saturated heterocycles. The van der Waals surface area contributed by atoms with E-state index in [0.717, 1.165) is 38.5 Å². The van der Waals surface area contributed by atoms with Crippen LogP contribution in [0.25, 0.3) is 0 Å². The molecule has 0 bridgehead atoms. The van der Waals surface area contributed by atoms with Crippen molar-refractivity contribution in [1.29, 1.82) is 0 Å². The second-order valence-electron chi connectivity index (χ2n) is 7.94. The lowest BCUT2D eigenvalue weighted by Gasteiger charge is -2.36. The van der Waals surface area contributed by atoms with Crippen LogP contribution in [0.1, 0.15) is 39.7 Å². The summed E-state index contributed by atoms with van der Waals surface area (Å²) in [4.78, 5) is 16.9. The number of carbonyl (C=O) groups is 1. The third-order valence-electron chi connectivity index (χ3n) is 5.27. The Morgan fingerprint density at radius 3 is 2.38 bits per heavy atom. The number of benzene rings is 1. The van der Waals surface area contributed by atoms with Gasteiger partial charge in [-0.15, -0.1) is 0 Å². The second kappa shape index (κ2) is 8.02. The lowest BCUT2D eigenvalue weighted by Crippen LogP contribution is -2.48. The molecule has 1 aliphatic rings. The van der Waals surface area contributed by atoms with E-state index in [2.05, 4.69) is 38.7 Å². The van der Waals surface area contributed by atoms with Crippen LogP contribution >= 0.6 is 0 Å². The van der Waals surface area contributed by atoms with Gasteiger partial charge in [0.25, 0.3) is 0 Å². The Hall–Kier alpha value is -1.55. The predicted molar refractivity (Wildman–Crippen MR) is 98.1 cm³/mol. The van der Waals surface area contributed by atoms with Crippen LogP contribution in [0.2, 0.25) is 0 Å². The van der Waals surface area contributed by atoms with E-state index in [1.807, 2.05) is 23.1 Å². The molecule has 134 valence electrons. The molecule has 1 aromatic rings. The molecular weight excluding hydrogens is 300 g/mol. The molecule has 1 aliphatic heterocycles. The van der Waals surface area contributed by atoms with E-state index in [4.69, 9.17) is 4.74 Å². The van der Waals surface area contributed by atoms with Crippen LogP contribution in [0.4, 0.5) is 0 Å². The zero-order valence-electron chi connectivity index (χ0n) is 15.8. The number of amides is 1. The molecule has 4 nitrogen and oxygen atoms in total. The Bertz CT molecular complexity index is 543. The molecule has 1 aromatic carbocycles. The molecule has 0 spiro atoms. The van der Waals surface area contributed by atoms with Gasteiger partial charge in [-0.25, -0.2) is 0 Å². The van der Waals surface area contributed by atoms with E-state index in [0.29, 0.717) is 18.2 Å². The number of carbonyl (C=O) groups excluding carboxylic acids is 1. The maximum absolute atomic E-state index is 12.5. The van der Waals surface area contributed by atoms with Crippen molar-refractivity contribution < 1.29 is 9.53 Å². The van der Waals surface area contributed by atoms with E-state index < -0.39 is 0 Å². The number of ether oxygens (including phenoxy) is 1. The predicted octanol–water partition coefficient (Wildman–Crippen LogP) is 3.41. The van der Waals surface area contributed by atoms with Gasteiger partial charge in [-0.3, -0.25) is 9.69 Å². The zero-order valence-corrected chi connectivity index (χ0v) is 15.8. The topological polar surface area (TPSA) is 32.8 Å². The summed E-state index contributed by atoms with van der Waals surface area (Å²) in [6, 6.07) is 8.16. The van der Waals surface area contributed by atoms with Crippen molar-refractivity contribution in [1.82, 2.24) is 9.80 Å². The lowest BCUT2D eigenvalue weighted by molar-refractivity contribution is -0.134. The van der Waals surface area contributed by atoms with Gasteiger partial charge in [0.15, 0.2) is 0 Å². The molecule has 1 atom stereocenters. The summed E-state index contributed by atoms with van der Waals surface area (Å²) in [6.07, 6.45) is 0.649. The van der Waals surface area contributed by atoms with Crippen molar-refractivity contribution in [2.75, 3.05) is 33.3 Å². The van der Waals surface area contributed by atoms with Crippen LogP contribution in [0.5, 0.6) is 5.75 Å². The highest BCUT2D eigenvalue weighted by atomic mass is 16.5. The minimum Gasteiger partial charge on any atom is -0.496 e. The highest BCUT2D eigenvalue weighted by Gasteiger charge is 2.27. The number of piperazine rings is 1. The summed E-state index contributed by atoms with van der Waals surface area (Å²) in [5, 5.41) is 0. The monoisotopic (exact) mass is 332 g/mol. The summed E-state index contributed by atoms with van der Waals surface area (Å²) < 4.78 is 5.43. The van der Waals surface area contributed by atoms with Crippen molar-refractivity contribution in [3.63, 3.8) is 0 Å². The molecule has 4 heteroatoms. The summed E-state index contributed by atoms with van der Waals surface area (Å²) in [6.45, 7) is 13.2. The zero-order chi connectivity index (χ0) is 17.7. The molecule has 2 rings (SSSR count). The largest absolute Gasteiger partial charge is 0.496 e. The Morgan fingerprint density at radius 1 is 1.17 bits per heavy atom. The summed E-state index contributed by atoms with van der Waals surface area (Å²) in [7, 11) is 1.71. The van der Waals surface area contributed by atoms with E-state index in [1.165, 1.54) is 5.56 Å². The number of nitrogens with zero attached hydrogens (tertiary/aromatic N) is 2. The van der Waals surface area contributed by atoms with Gasteiger partial charge in [0.1, 0.15) is 5.75 Å². The molecule has 0 radical (unpaired) electrons. The minimum atomic E-state index is 0.182. The van der Waals surface area contributed by atoms with Gasteiger partial charge in [0.2, 0.25) is 5.91 Å². The normalized spacial score (nSPS) is 17.6. The Morgan fingerprint density at radius 2 is 1.79 bits per heavy atom. The van der Waals surface area contributed by atoms with Crippen molar-refractivity contribution in [3.8, 4) is 5.75 Å². The number of para-hydroxylation sites is 1. The summed E-state index contributed by atoms with van der Waals surface area (Å²) >= 11 is 0. The van der Waals surface area contributed by atoms with E-state index in [1.54, 1.807) is 7.11 Å². The molecule has 0 saturated carbocycles. The van der Waals surface area contributed by atoms with Gasteiger partial charge in [0.05, 0.1) is 7.11 Å². The molecule has 1 heterocycles. The molecule has 0 aromatic heterocycles. The minimum absolute atomic E-state index is 0.182. The summed E-state index contributed by atoms with van der Waals surface area (Å²) in [5.41, 5.74) is 1.39. The van der Waals surface area contributed by atoms with Crippen molar-refractivity contribution in [2.24, 2.45) is 11.3 Å². The van der Waals surface area contributed by atoms with Gasteiger partial charge in [-0.2, -0.15) is 0 Å². The third-order valence-corrected chi connectivity index (χ3v) is 5.27. The maximum atomic E-state index is 12.5. The first kappa shape index (κ1) is 18.8. The fraction of sp³-hybridized carbons (Fsp3) is 0.650. The molecule has 0 N–H and O–H groups in total. The van der Waals surface area contributed by atoms with Crippen LogP contribution < -0.4 is 4.74 Å². The SMILES string of the molecule is COc1ccccc1CN1CCN(C(=O)CC(C)C(C)(C)C)CC1. The van der Waals surface area contributed by atoms with Crippen molar-refractivity contribution in [3.05, 3.63) is 29.8 Å². The first-order valence-corrected chi connectivity index (χ1v) is 8.93. The molecular formula is C20H32N2O2. The average Bonchev–Trinajstić information content (AvgIpc) is 2.55. The fourth-order valence-electron chi connectivity index (χ4n) is 2.93. The molecule has 1 unspecified atom stereocenters. The number of methoxy groups -OCH3 is 1. The first-order valence-electron chi connectivity index (χ1n) is 8.93. The average molecular weight is 332 g/mol. The van der Waals surface area contributed by atoms with Crippen LogP contribution in [-0.2, 0) is 11.3 Å². The molecule has 1 amide bonds. The summed E-state index contributed by atoms with van der Waals surface area (Å²) in [5.74, 6) is 1.64. The number of hydrogen-bond donors (Lipinski definition) is 0. The Labute approximate surface area is 146 Å². The quantitative estimate of drug-likeness (QED) is 0.828. The lowest BCUT2D eigenvalue weighted by atomic mass is 9.80. The first-order chi connectivity index (χ1) is 11.3. The van der Waals surface area contributed by atoms with Gasteiger partial charge in [-0.05, 0) is 17.4 Å². The molecule has 0 aliphatic carbocycles. The third kappa shape index (κ3) is 4.97. The number of rotatable bonds is 5. The maximum Gasteiger partial charge on any atom is 0.222 e. The second-order valence-corrected chi connectivity index (χ2v) is 7.94. The van der Waals surface area contributed by atoms with Crippen LogP contribution in [0.15, 0.2) is 24.3 Å². The van der Waals surface area contributed by atoms with Crippen LogP contribution in [0, 0.1) is 11.3 Å². The number of hydrogen-bond acceptors (Lipinski definition) is 3. The highest BCUT2D eigenvalue weighted by molar-refractivity contribution is 5.76. The highest BCUT2D eigenvalue weighted by Crippen LogP contribution is 2.28. The van der Waals surface area contributed by atoms with E-state index >= 15 is 0 Å². The Balaban J connectivity index is 1.84. The van der Waals surface area contributed by atoms with Gasteiger partial charge in [-0.1, -0.05) is 45.9 Å². The standard InChI is InChI=1S/C20H32N2O2/c1-16(20(2,3)4)14-19(23)22-12-10-21(11-13-22)15-17-8-6-7-9-18(17)24-5/h6-9,16H,10-15H2,1-5H3. The molecule has 1 fully saturated rings. The van der Waals surface area contributed by atoms with Gasteiger partial charge in [0, 0.05) is 44.7 Å². The molecule has 24 heavy (non-hydrogen) atoms. The smallest absolute Gasteiger partial charge is 0.222 e. The fourth-order valence-corrected chi connectivity index (χ4v) is 2.93. The van der Waals surface area contributed by atoms with Crippen molar-refractivity contribution >= 4 is 5.91 Å². The van der Waals surface area contributed by atoms with Gasteiger partial charge < -0.3 is 9.64 Å². The van der Waals surface area contributed by atoms with Crippen molar-refractivity contribution in [2.45, 2.75) is 40.7 Å². The van der Waals surface area contributed by atoms with Gasteiger partial charge >= 0.3 is 0 Å². The van der Waals surface area contributed by atoms with E-state index in [9.17, 15) is 4.79 Å².